The second-order valence-corrected chi connectivity index (χ2v) is 5.81. The van der Waals surface area contributed by atoms with E-state index in [1.165, 1.54) is 0 Å². The molecule has 0 aliphatic carbocycles. The SMILES string of the molecule is CCn1c(Cn2ccnc2-c2ccccc2CF)nc2cnccc21. The Morgan fingerprint density at radius 3 is 2.84 bits per heavy atom. The van der Waals surface area contributed by atoms with Crippen molar-refractivity contribution in [1.29, 1.82) is 0 Å². The van der Waals surface area contributed by atoms with E-state index in [2.05, 4.69) is 21.5 Å². The Morgan fingerprint density at radius 1 is 1.12 bits per heavy atom. The van der Waals surface area contributed by atoms with E-state index < -0.39 is 6.67 Å². The Labute approximate surface area is 144 Å². The number of pyridine rings is 1. The molecule has 5 nitrogen and oxygen atoms in total. The summed E-state index contributed by atoms with van der Waals surface area (Å²) in [4.78, 5) is 13.3. The normalized spacial score (nSPS) is 11.3. The van der Waals surface area contributed by atoms with Gasteiger partial charge >= 0.3 is 0 Å². The molecule has 0 bridgehead atoms. The van der Waals surface area contributed by atoms with E-state index in [-0.39, 0.29) is 0 Å². The quantitative estimate of drug-likeness (QED) is 0.557. The minimum atomic E-state index is -0.512. The molecule has 0 spiro atoms. The molecule has 0 saturated heterocycles. The highest BCUT2D eigenvalue weighted by Gasteiger charge is 2.14. The number of aromatic nitrogens is 5. The van der Waals surface area contributed by atoms with Crippen molar-refractivity contribution in [2.75, 3.05) is 0 Å². The van der Waals surface area contributed by atoms with Gasteiger partial charge in [-0.15, -0.1) is 0 Å². The zero-order chi connectivity index (χ0) is 17.2. The smallest absolute Gasteiger partial charge is 0.140 e. The van der Waals surface area contributed by atoms with Gasteiger partial charge in [-0.25, -0.2) is 14.4 Å². The first-order chi connectivity index (χ1) is 12.3. The van der Waals surface area contributed by atoms with Crippen LogP contribution in [-0.4, -0.2) is 24.1 Å². The van der Waals surface area contributed by atoms with Crippen LogP contribution in [0, 0.1) is 0 Å². The fourth-order valence-corrected chi connectivity index (χ4v) is 3.19. The molecule has 6 heteroatoms. The van der Waals surface area contributed by atoms with Crippen LogP contribution < -0.4 is 0 Å². The molecule has 0 fully saturated rings. The Bertz CT molecular complexity index is 1020. The molecule has 1 aromatic carbocycles. The zero-order valence-corrected chi connectivity index (χ0v) is 13.9. The van der Waals surface area contributed by atoms with Gasteiger partial charge in [-0.1, -0.05) is 24.3 Å². The molecule has 0 unspecified atom stereocenters. The molecule has 126 valence electrons. The van der Waals surface area contributed by atoms with E-state index in [4.69, 9.17) is 4.98 Å². The number of alkyl halides is 1. The van der Waals surface area contributed by atoms with Crippen molar-refractivity contribution in [2.45, 2.75) is 26.7 Å². The number of rotatable bonds is 5. The first-order valence-corrected chi connectivity index (χ1v) is 8.26. The van der Waals surface area contributed by atoms with Crippen molar-refractivity contribution in [2.24, 2.45) is 0 Å². The molecular weight excluding hydrogens is 317 g/mol. The zero-order valence-electron chi connectivity index (χ0n) is 13.9. The lowest BCUT2D eigenvalue weighted by atomic mass is 10.1. The third-order valence-corrected chi connectivity index (χ3v) is 4.38. The molecular formula is C19H18FN5. The first kappa shape index (κ1) is 15.5. The summed E-state index contributed by atoms with van der Waals surface area (Å²) in [6, 6.07) is 9.42. The third-order valence-electron chi connectivity index (χ3n) is 4.38. The van der Waals surface area contributed by atoms with Crippen molar-refractivity contribution in [3.05, 3.63) is 66.5 Å². The van der Waals surface area contributed by atoms with Crippen LogP contribution in [0.15, 0.2) is 55.1 Å². The maximum Gasteiger partial charge on any atom is 0.140 e. The van der Waals surface area contributed by atoms with Gasteiger partial charge in [0.2, 0.25) is 0 Å². The number of aryl methyl sites for hydroxylation is 1. The summed E-state index contributed by atoms with van der Waals surface area (Å²) >= 11 is 0. The molecule has 0 radical (unpaired) electrons. The lowest BCUT2D eigenvalue weighted by molar-refractivity contribution is 0.486. The van der Waals surface area contributed by atoms with Crippen LogP contribution in [0.5, 0.6) is 0 Å². The van der Waals surface area contributed by atoms with Gasteiger partial charge < -0.3 is 9.13 Å². The van der Waals surface area contributed by atoms with E-state index in [0.29, 0.717) is 12.1 Å². The molecule has 4 aromatic rings. The van der Waals surface area contributed by atoms with Crippen molar-refractivity contribution < 1.29 is 4.39 Å². The summed E-state index contributed by atoms with van der Waals surface area (Å²) in [6.07, 6.45) is 7.20. The predicted octanol–water partition coefficient (Wildman–Crippen LogP) is 3.83. The molecule has 4 rings (SSSR count). The molecule has 0 N–H and O–H groups in total. The van der Waals surface area contributed by atoms with E-state index >= 15 is 0 Å². The molecule has 3 heterocycles. The van der Waals surface area contributed by atoms with E-state index in [1.807, 2.05) is 35.0 Å². The number of hydrogen-bond acceptors (Lipinski definition) is 3. The summed E-state index contributed by atoms with van der Waals surface area (Å²) < 4.78 is 17.5. The number of halogens is 1. The minimum Gasteiger partial charge on any atom is -0.327 e. The highest BCUT2D eigenvalue weighted by atomic mass is 19.1. The largest absolute Gasteiger partial charge is 0.327 e. The van der Waals surface area contributed by atoms with Gasteiger partial charge in [0.25, 0.3) is 0 Å². The summed E-state index contributed by atoms with van der Waals surface area (Å²) in [6.45, 7) is 2.97. The molecule has 0 atom stereocenters. The monoisotopic (exact) mass is 335 g/mol. The molecule has 3 aromatic heterocycles. The van der Waals surface area contributed by atoms with Crippen LogP contribution in [0.1, 0.15) is 18.3 Å². The maximum atomic E-state index is 13.3. The van der Waals surface area contributed by atoms with Gasteiger partial charge in [-0.2, -0.15) is 0 Å². The van der Waals surface area contributed by atoms with Crippen LogP contribution in [-0.2, 0) is 19.8 Å². The van der Waals surface area contributed by atoms with E-state index in [1.54, 1.807) is 24.7 Å². The van der Waals surface area contributed by atoms with Crippen molar-refractivity contribution in [3.63, 3.8) is 0 Å². The van der Waals surface area contributed by atoms with Crippen LogP contribution in [0.3, 0.4) is 0 Å². The van der Waals surface area contributed by atoms with Gasteiger partial charge in [0.15, 0.2) is 0 Å². The Morgan fingerprint density at radius 2 is 2.00 bits per heavy atom. The van der Waals surface area contributed by atoms with Gasteiger partial charge in [0, 0.05) is 30.7 Å². The number of benzene rings is 1. The van der Waals surface area contributed by atoms with E-state index in [9.17, 15) is 4.39 Å². The molecule has 0 amide bonds. The topological polar surface area (TPSA) is 48.5 Å². The molecule has 0 saturated carbocycles. The fraction of sp³-hybridized carbons (Fsp3) is 0.211. The second kappa shape index (κ2) is 6.47. The van der Waals surface area contributed by atoms with Crippen LogP contribution >= 0.6 is 0 Å². The molecule has 0 aliphatic rings. The summed E-state index contributed by atoms with van der Waals surface area (Å²) in [5.74, 6) is 1.68. The standard InChI is InChI=1S/C19H18FN5/c1-2-25-17-7-8-21-12-16(17)23-18(25)13-24-10-9-22-19(24)15-6-4-3-5-14(15)11-20/h3-10,12H,2,11,13H2,1H3. The van der Waals surface area contributed by atoms with Crippen LogP contribution in [0.2, 0.25) is 0 Å². The van der Waals surface area contributed by atoms with Crippen molar-refractivity contribution in [1.82, 2.24) is 24.1 Å². The lowest BCUT2D eigenvalue weighted by Gasteiger charge is -2.11. The highest BCUT2D eigenvalue weighted by molar-refractivity contribution is 5.74. The average molecular weight is 335 g/mol. The van der Waals surface area contributed by atoms with E-state index in [0.717, 1.165) is 34.8 Å². The van der Waals surface area contributed by atoms with Crippen molar-refractivity contribution in [3.8, 4) is 11.4 Å². The Hall–Kier alpha value is -3.02. The van der Waals surface area contributed by atoms with Crippen molar-refractivity contribution >= 4 is 11.0 Å². The number of hydrogen-bond donors (Lipinski definition) is 0. The van der Waals surface area contributed by atoms with Gasteiger partial charge in [-0.3, -0.25) is 4.98 Å². The van der Waals surface area contributed by atoms with Gasteiger partial charge in [0.1, 0.15) is 23.8 Å². The number of imidazole rings is 2. The van der Waals surface area contributed by atoms with Gasteiger partial charge in [-0.05, 0) is 18.6 Å². The lowest BCUT2D eigenvalue weighted by Crippen LogP contribution is -2.09. The second-order valence-electron chi connectivity index (χ2n) is 5.81. The fourth-order valence-electron chi connectivity index (χ4n) is 3.19. The predicted molar refractivity (Wildman–Crippen MR) is 94.8 cm³/mol. The molecule has 25 heavy (non-hydrogen) atoms. The maximum absolute atomic E-state index is 13.3. The third kappa shape index (κ3) is 2.69. The number of fused-ring (bicyclic) bond motifs is 1. The first-order valence-electron chi connectivity index (χ1n) is 8.26. The minimum absolute atomic E-state index is 0.512. The molecule has 0 aliphatic heterocycles. The van der Waals surface area contributed by atoms with Crippen LogP contribution in [0.25, 0.3) is 22.4 Å². The van der Waals surface area contributed by atoms with Gasteiger partial charge in [0.05, 0.1) is 18.3 Å². The average Bonchev–Trinajstić information content (AvgIpc) is 3.25. The summed E-state index contributed by atoms with van der Waals surface area (Å²) in [5.41, 5.74) is 3.41. The number of nitrogens with zero attached hydrogens (tertiary/aromatic N) is 5. The summed E-state index contributed by atoms with van der Waals surface area (Å²) in [7, 11) is 0. The Balaban J connectivity index is 1.77. The summed E-state index contributed by atoms with van der Waals surface area (Å²) in [5, 5.41) is 0. The highest BCUT2D eigenvalue weighted by Crippen LogP contribution is 2.24. The van der Waals surface area contributed by atoms with Crippen LogP contribution in [0.4, 0.5) is 4.39 Å². The Kier molecular flexibility index (Phi) is 4.01.